The molecular formula is C15H20BrN5. The van der Waals surface area contributed by atoms with E-state index in [0.717, 1.165) is 27.4 Å². The van der Waals surface area contributed by atoms with Gasteiger partial charge >= 0.3 is 0 Å². The van der Waals surface area contributed by atoms with Crippen molar-refractivity contribution in [1.82, 2.24) is 9.97 Å². The van der Waals surface area contributed by atoms with Gasteiger partial charge in [0.05, 0.1) is 0 Å². The Kier molecular flexibility index (Phi) is 4.49. The summed E-state index contributed by atoms with van der Waals surface area (Å²) in [5.41, 5.74) is 4.32. The van der Waals surface area contributed by atoms with Crippen molar-refractivity contribution in [3.8, 4) is 0 Å². The molecule has 0 unspecified atom stereocenters. The van der Waals surface area contributed by atoms with Crippen LogP contribution in [-0.4, -0.2) is 9.97 Å². The number of nitrogens with zero attached hydrogens (tertiary/aromatic N) is 2. The van der Waals surface area contributed by atoms with Gasteiger partial charge in [-0.2, -0.15) is 0 Å². The quantitative estimate of drug-likeness (QED) is 0.579. The SMILES string of the molecule is Cc1c(NN)nc(C(C)(C)C)nc1Nc1cccc(Br)c1. The number of benzene rings is 1. The summed E-state index contributed by atoms with van der Waals surface area (Å²) in [6.07, 6.45) is 0. The molecule has 0 fully saturated rings. The Balaban J connectivity index is 2.47. The number of nitrogens with two attached hydrogens (primary N) is 1. The summed E-state index contributed by atoms with van der Waals surface area (Å²) >= 11 is 3.46. The van der Waals surface area contributed by atoms with Crippen LogP contribution in [0.2, 0.25) is 0 Å². The van der Waals surface area contributed by atoms with Gasteiger partial charge in [0, 0.05) is 21.1 Å². The van der Waals surface area contributed by atoms with Crippen molar-refractivity contribution in [3.05, 3.63) is 40.1 Å². The summed E-state index contributed by atoms with van der Waals surface area (Å²) in [6.45, 7) is 8.14. The van der Waals surface area contributed by atoms with Crippen LogP contribution in [0.4, 0.5) is 17.3 Å². The van der Waals surface area contributed by atoms with E-state index in [4.69, 9.17) is 5.84 Å². The topological polar surface area (TPSA) is 75.9 Å². The summed E-state index contributed by atoms with van der Waals surface area (Å²) in [5, 5.41) is 3.32. The Bertz CT molecular complexity index is 649. The van der Waals surface area contributed by atoms with Crippen LogP contribution < -0.4 is 16.6 Å². The number of aromatic nitrogens is 2. The van der Waals surface area contributed by atoms with Crippen LogP contribution in [-0.2, 0) is 5.41 Å². The zero-order chi connectivity index (χ0) is 15.6. The molecule has 0 bridgehead atoms. The van der Waals surface area contributed by atoms with Gasteiger partial charge in [0.15, 0.2) is 0 Å². The van der Waals surface area contributed by atoms with Crippen LogP contribution in [0.3, 0.4) is 0 Å². The summed E-state index contributed by atoms with van der Waals surface area (Å²) in [4.78, 5) is 9.13. The second kappa shape index (κ2) is 5.99. The van der Waals surface area contributed by atoms with Gasteiger partial charge in [-0.25, -0.2) is 15.8 Å². The van der Waals surface area contributed by atoms with Crippen molar-refractivity contribution < 1.29 is 0 Å². The number of rotatable bonds is 3. The minimum absolute atomic E-state index is 0.160. The molecule has 2 rings (SSSR count). The van der Waals surface area contributed by atoms with Gasteiger partial charge in [-0.1, -0.05) is 42.8 Å². The molecule has 0 saturated carbocycles. The Labute approximate surface area is 133 Å². The van der Waals surface area contributed by atoms with Gasteiger partial charge in [-0.15, -0.1) is 0 Å². The van der Waals surface area contributed by atoms with Crippen LogP contribution in [0, 0.1) is 6.92 Å². The highest BCUT2D eigenvalue weighted by molar-refractivity contribution is 9.10. The Hall–Kier alpha value is -1.66. The van der Waals surface area contributed by atoms with Crippen LogP contribution >= 0.6 is 15.9 Å². The number of nitrogens with one attached hydrogen (secondary N) is 2. The lowest BCUT2D eigenvalue weighted by atomic mass is 9.95. The van der Waals surface area contributed by atoms with E-state index in [0.29, 0.717) is 5.82 Å². The molecule has 0 spiro atoms. The molecule has 2 aromatic rings. The average molecular weight is 350 g/mol. The van der Waals surface area contributed by atoms with E-state index in [1.807, 2.05) is 31.2 Å². The van der Waals surface area contributed by atoms with Crippen LogP contribution in [0.15, 0.2) is 28.7 Å². The molecule has 0 amide bonds. The molecule has 5 nitrogen and oxygen atoms in total. The third-order valence-electron chi connectivity index (χ3n) is 3.04. The zero-order valence-corrected chi connectivity index (χ0v) is 14.2. The van der Waals surface area contributed by atoms with Crippen molar-refractivity contribution in [3.63, 3.8) is 0 Å². The first-order chi connectivity index (χ1) is 9.81. The van der Waals surface area contributed by atoms with Crippen LogP contribution in [0.5, 0.6) is 0 Å². The highest BCUT2D eigenvalue weighted by atomic mass is 79.9. The second-order valence-corrected chi connectivity index (χ2v) is 6.81. The predicted molar refractivity (Wildman–Crippen MR) is 90.7 cm³/mol. The molecule has 6 heteroatoms. The Morgan fingerprint density at radius 3 is 2.38 bits per heavy atom. The molecule has 0 aliphatic rings. The number of anilines is 3. The average Bonchev–Trinajstić information content (AvgIpc) is 2.40. The fourth-order valence-corrected chi connectivity index (χ4v) is 2.22. The van der Waals surface area contributed by atoms with Crippen LogP contribution in [0.1, 0.15) is 32.2 Å². The largest absolute Gasteiger partial charge is 0.340 e. The molecule has 112 valence electrons. The lowest BCUT2D eigenvalue weighted by Gasteiger charge is -2.20. The molecule has 0 saturated heterocycles. The molecule has 4 N–H and O–H groups in total. The summed E-state index contributed by atoms with van der Waals surface area (Å²) in [6, 6.07) is 7.92. The van der Waals surface area contributed by atoms with Gasteiger partial charge in [0.1, 0.15) is 17.5 Å². The normalized spacial score (nSPS) is 11.3. The van der Waals surface area contributed by atoms with Crippen molar-refractivity contribution >= 4 is 33.3 Å². The maximum Gasteiger partial charge on any atom is 0.148 e. The first-order valence-corrected chi connectivity index (χ1v) is 7.49. The third kappa shape index (κ3) is 3.71. The lowest BCUT2D eigenvalue weighted by Crippen LogP contribution is -2.20. The van der Waals surface area contributed by atoms with E-state index >= 15 is 0 Å². The van der Waals surface area contributed by atoms with E-state index < -0.39 is 0 Å². The number of hydrazine groups is 1. The van der Waals surface area contributed by atoms with Crippen molar-refractivity contribution in [1.29, 1.82) is 0 Å². The standard InChI is InChI=1S/C15H20BrN5/c1-9-12(18-11-7-5-6-10(16)8-11)19-14(15(2,3)4)20-13(9)21-17/h5-8H,17H2,1-4H3,(H2,18,19,20,21). The maximum absolute atomic E-state index is 5.57. The van der Waals surface area contributed by atoms with Crippen molar-refractivity contribution in [2.75, 3.05) is 10.7 Å². The summed E-state index contributed by atoms with van der Waals surface area (Å²) in [7, 11) is 0. The molecule has 0 aliphatic carbocycles. The summed E-state index contributed by atoms with van der Waals surface area (Å²) < 4.78 is 1.01. The van der Waals surface area contributed by atoms with E-state index in [-0.39, 0.29) is 5.41 Å². The van der Waals surface area contributed by atoms with E-state index in [1.54, 1.807) is 0 Å². The monoisotopic (exact) mass is 349 g/mol. The summed E-state index contributed by atoms with van der Waals surface area (Å²) in [5.74, 6) is 7.69. The smallest absolute Gasteiger partial charge is 0.148 e. The molecular weight excluding hydrogens is 330 g/mol. The second-order valence-electron chi connectivity index (χ2n) is 5.90. The molecule has 1 aromatic carbocycles. The highest BCUT2D eigenvalue weighted by Crippen LogP contribution is 2.28. The third-order valence-corrected chi connectivity index (χ3v) is 3.53. The molecule has 0 aliphatic heterocycles. The van der Waals surface area contributed by atoms with E-state index in [9.17, 15) is 0 Å². The van der Waals surface area contributed by atoms with Gasteiger partial charge < -0.3 is 10.7 Å². The minimum atomic E-state index is -0.160. The number of hydrogen-bond donors (Lipinski definition) is 3. The van der Waals surface area contributed by atoms with Crippen molar-refractivity contribution in [2.45, 2.75) is 33.1 Å². The van der Waals surface area contributed by atoms with Crippen LogP contribution in [0.25, 0.3) is 0 Å². The zero-order valence-electron chi connectivity index (χ0n) is 12.7. The number of hydrogen-bond acceptors (Lipinski definition) is 5. The predicted octanol–water partition coefficient (Wildman–Crippen LogP) is 3.87. The van der Waals surface area contributed by atoms with Crippen molar-refractivity contribution in [2.24, 2.45) is 5.84 Å². The molecule has 0 radical (unpaired) electrons. The number of nitrogen functional groups attached to an aromatic ring is 1. The molecule has 1 heterocycles. The molecule has 1 aromatic heterocycles. The first-order valence-electron chi connectivity index (χ1n) is 6.69. The van der Waals surface area contributed by atoms with Gasteiger partial charge in [0.2, 0.25) is 0 Å². The van der Waals surface area contributed by atoms with Gasteiger partial charge in [0.25, 0.3) is 0 Å². The van der Waals surface area contributed by atoms with Gasteiger partial charge in [-0.05, 0) is 25.1 Å². The van der Waals surface area contributed by atoms with Gasteiger partial charge in [-0.3, -0.25) is 0 Å². The fraction of sp³-hybridized carbons (Fsp3) is 0.333. The minimum Gasteiger partial charge on any atom is -0.340 e. The first kappa shape index (κ1) is 15.7. The Morgan fingerprint density at radius 1 is 1.14 bits per heavy atom. The van der Waals surface area contributed by atoms with E-state index in [1.165, 1.54) is 0 Å². The molecule has 0 atom stereocenters. The maximum atomic E-state index is 5.57. The molecule has 21 heavy (non-hydrogen) atoms. The van der Waals surface area contributed by atoms with E-state index in [2.05, 4.69) is 57.4 Å². The number of halogens is 1. The fourth-order valence-electron chi connectivity index (χ4n) is 1.82. The lowest BCUT2D eigenvalue weighted by molar-refractivity contribution is 0.546. The highest BCUT2D eigenvalue weighted by Gasteiger charge is 2.21. The Morgan fingerprint density at radius 2 is 1.81 bits per heavy atom.